The van der Waals surface area contributed by atoms with E-state index in [1.54, 1.807) is 10.9 Å². The van der Waals surface area contributed by atoms with Gasteiger partial charge in [0, 0.05) is 19.1 Å². The number of nitrogens with zero attached hydrogens (tertiary/aromatic N) is 2. The average Bonchev–Trinajstić information content (AvgIpc) is 3.27. The molecule has 2 aliphatic carbocycles. The maximum Gasteiger partial charge on any atom is 0.267 e. The predicted octanol–water partition coefficient (Wildman–Crippen LogP) is 2.09. The molecule has 2 fully saturated rings. The first-order valence-corrected chi connectivity index (χ1v) is 7.91. The van der Waals surface area contributed by atoms with Gasteiger partial charge in [0.05, 0.1) is 12.0 Å². The van der Waals surface area contributed by atoms with E-state index in [1.165, 1.54) is 25.7 Å². The molecule has 0 atom stereocenters. The van der Waals surface area contributed by atoms with Gasteiger partial charge in [0.15, 0.2) is 0 Å². The van der Waals surface area contributed by atoms with E-state index in [-0.39, 0.29) is 5.56 Å². The Hall–Kier alpha value is -0.680. The zero-order chi connectivity index (χ0) is 13.4. The summed E-state index contributed by atoms with van der Waals surface area (Å²) >= 11 is 3.30. The zero-order valence-electron chi connectivity index (χ0n) is 11.2. The van der Waals surface area contributed by atoms with Crippen molar-refractivity contribution in [2.75, 3.05) is 6.54 Å². The van der Waals surface area contributed by atoms with Gasteiger partial charge in [-0.1, -0.05) is 0 Å². The highest BCUT2D eigenvalue weighted by Crippen LogP contribution is 2.44. The van der Waals surface area contributed by atoms with Crippen molar-refractivity contribution >= 4 is 15.9 Å². The Morgan fingerprint density at radius 2 is 2.05 bits per heavy atom. The molecule has 0 aromatic carbocycles. The first kappa shape index (κ1) is 13.3. The fraction of sp³-hybridized carbons (Fsp3) is 0.714. The Bertz CT molecular complexity index is 508. The van der Waals surface area contributed by atoms with E-state index in [4.69, 9.17) is 0 Å². The number of nitrogens with one attached hydrogen (secondary N) is 1. The van der Waals surface area contributed by atoms with Crippen molar-refractivity contribution < 1.29 is 0 Å². The minimum atomic E-state index is 0.0173. The van der Waals surface area contributed by atoms with E-state index in [0.29, 0.717) is 17.1 Å². The van der Waals surface area contributed by atoms with Crippen molar-refractivity contribution in [3.05, 3.63) is 26.8 Å². The fourth-order valence-corrected chi connectivity index (χ4v) is 3.02. The monoisotopic (exact) mass is 325 g/mol. The first-order valence-electron chi connectivity index (χ1n) is 7.11. The highest BCUT2D eigenvalue weighted by molar-refractivity contribution is 9.10. The van der Waals surface area contributed by atoms with Crippen LogP contribution in [-0.2, 0) is 6.54 Å². The average molecular weight is 326 g/mol. The molecule has 0 saturated heterocycles. The Labute approximate surface area is 121 Å². The van der Waals surface area contributed by atoms with Gasteiger partial charge < -0.3 is 5.32 Å². The van der Waals surface area contributed by atoms with Gasteiger partial charge >= 0.3 is 0 Å². The Balaban J connectivity index is 1.57. The summed E-state index contributed by atoms with van der Waals surface area (Å²) in [6.45, 7) is 3.39. The molecule has 2 aliphatic rings. The third-order valence-corrected chi connectivity index (χ3v) is 5.06. The van der Waals surface area contributed by atoms with Crippen molar-refractivity contribution in [3.63, 3.8) is 0 Å². The Morgan fingerprint density at radius 3 is 2.63 bits per heavy atom. The molecule has 104 valence electrons. The van der Waals surface area contributed by atoms with Crippen LogP contribution in [0.15, 0.2) is 15.6 Å². The molecule has 1 N–H and O–H groups in total. The van der Waals surface area contributed by atoms with E-state index >= 15 is 0 Å². The SMILES string of the molecule is Cc1ncn(CCNC(C2CC2)C2CC2)c(=O)c1Br. The summed E-state index contributed by atoms with van der Waals surface area (Å²) < 4.78 is 2.26. The van der Waals surface area contributed by atoms with Gasteiger partial charge in [-0.25, -0.2) is 4.98 Å². The number of aryl methyl sites for hydroxylation is 1. The lowest BCUT2D eigenvalue weighted by Crippen LogP contribution is -2.37. The molecule has 1 heterocycles. The number of hydrogen-bond acceptors (Lipinski definition) is 3. The van der Waals surface area contributed by atoms with Crippen LogP contribution in [0, 0.1) is 18.8 Å². The summed E-state index contributed by atoms with van der Waals surface area (Å²) in [7, 11) is 0. The molecule has 5 heteroatoms. The molecule has 1 aromatic rings. The zero-order valence-corrected chi connectivity index (χ0v) is 12.8. The van der Waals surface area contributed by atoms with Crippen LogP contribution in [0.3, 0.4) is 0 Å². The van der Waals surface area contributed by atoms with Gasteiger partial charge in [-0.3, -0.25) is 9.36 Å². The second-order valence-corrected chi connectivity index (χ2v) is 6.59. The maximum atomic E-state index is 12.0. The van der Waals surface area contributed by atoms with Crippen LogP contribution in [0.2, 0.25) is 0 Å². The van der Waals surface area contributed by atoms with Crippen molar-refractivity contribution in [1.29, 1.82) is 0 Å². The molecule has 0 unspecified atom stereocenters. The Kier molecular flexibility index (Phi) is 3.76. The molecule has 0 radical (unpaired) electrons. The molecule has 1 aromatic heterocycles. The lowest BCUT2D eigenvalue weighted by molar-refractivity contribution is 0.404. The second-order valence-electron chi connectivity index (χ2n) is 5.80. The molecule has 2 saturated carbocycles. The van der Waals surface area contributed by atoms with Crippen LogP contribution < -0.4 is 10.9 Å². The number of halogens is 1. The maximum absolute atomic E-state index is 12.0. The minimum absolute atomic E-state index is 0.0173. The van der Waals surface area contributed by atoms with E-state index in [9.17, 15) is 4.79 Å². The van der Waals surface area contributed by atoms with Gasteiger partial charge in [0.25, 0.3) is 5.56 Å². The molecule has 4 nitrogen and oxygen atoms in total. The first-order chi connectivity index (χ1) is 9.16. The van der Waals surface area contributed by atoms with E-state index in [1.807, 2.05) is 6.92 Å². The number of hydrogen-bond donors (Lipinski definition) is 1. The molecule has 0 bridgehead atoms. The number of aromatic nitrogens is 2. The van der Waals surface area contributed by atoms with E-state index in [0.717, 1.165) is 24.1 Å². The summed E-state index contributed by atoms with van der Waals surface area (Å²) in [5.74, 6) is 1.79. The van der Waals surface area contributed by atoms with Crippen LogP contribution in [0.1, 0.15) is 31.4 Å². The van der Waals surface area contributed by atoms with Gasteiger partial charge in [0.2, 0.25) is 0 Å². The summed E-state index contributed by atoms with van der Waals surface area (Å²) in [5.41, 5.74) is 0.770. The van der Waals surface area contributed by atoms with Crippen molar-refractivity contribution in [3.8, 4) is 0 Å². The molecule has 3 rings (SSSR count). The minimum Gasteiger partial charge on any atom is -0.312 e. The summed E-state index contributed by atoms with van der Waals surface area (Å²) in [4.78, 5) is 16.2. The molecule has 0 spiro atoms. The lowest BCUT2D eigenvalue weighted by atomic mass is 10.1. The second kappa shape index (κ2) is 5.37. The van der Waals surface area contributed by atoms with Gasteiger partial charge in [-0.05, 0) is 60.4 Å². The molecule has 0 amide bonds. The third-order valence-electron chi connectivity index (χ3n) is 4.15. The van der Waals surface area contributed by atoms with E-state index in [2.05, 4.69) is 26.2 Å². The standard InChI is InChI=1S/C14H20BrN3O/c1-9-12(15)14(19)18(8-17-9)7-6-16-13(10-2-3-10)11-4-5-11/h8,10-11,13,16H,2-7H2,1H3. The molecule has 0 aliphatic heterocycles. The number of rotatable bonds is 6. The van der Waals surface area contributed by atoms with E-state index < -0.39 is 0 Å². The lowest BCUT2D eigenvalue weighted by Gasteiger charge is -2.18. The molecular formula is C14H20BrN3O. The third kappa shape index (κ3) is 3.08. The van der Waals surface area contributed by atoms with Crippen LogP contribution >= 0.6 is 15.9 Å². The highest BCUT2D eigenvalue weighted by Gasteiger charge is 2.40. The molecular weight excluding hydrogens is 306 g/mol. The van der Waals surface area contributed by atoms with Crippen LogP contribution in [0.5, 0.6) is 0 Å². The summed E-state index contributed by atoms with van der Waals surface area (Å²) in [6.07, 6.45) is 7.17. The van der Waals surface area contributed by atoms with Crippen LogP contribution in [-0.4, -0.2) is 22.1 Å². The molecule has 19 heavy (non-hydrogen) atoms. The van der Waals surface area contributed by atoms with Gasteiger partial charge in [-0.2, -0.15) is 0 Å². The van der Waals surface area contributed by atoms with Crippen LogP contribution in [0.4, 0.5) is 0 Å². The van der Waals surface area contributed by atoms with Gasteiger partial charge in [-0.15, -0.1) is 0 Å². The normalized spacial score (nSPS) is 19.1. The topological polar surface area (TPSA) is 46.9 Å². The van der Waals surface area contributed by atoms with Crippen molar-refractivity contribution in [2.45, 2.75) is 45.2 Å². The van der Waals surface area contributed by atoms with Crippen molar-refractivity contribution in [2.24, 2.45) is 11.8 Å². The fourth-order valence-electron chi connectivity index (χ4n) is 2.69. The predicted molar refractivity (Wildman–Crippen MR) is 78.2 cm³/mol. The van der Waals surface area contributed by atoms with Crippen LogP contribution in [0.25, 0.3) is 0 Å². The van der Waals surface area contributed by atoms with Gasteiger partial charge in [0.1, 0.15) is 4.47 Å². The van der Waals surface area contributed by atoms with Crippen molar-refractivity contribution in [1.82, 2.24) is 14.9 Å². The largest absolute Gasteiger partial charge is 0.312 e. The summed E-state index contributed by atoms with van der Waals surface area (Å²) in [6, 6.07) is 0.692. The summed E-state index contributed by atoms with van der Waals surface area (Å²) in [5, 5.41) is 3.65. The smallest absolute Gasteiger partial charge is 0.267 e. The Morgan fingerprint density at radius 1 is 1.42 bits per heavy atom. The highest BCUT2D eigenvalue weighted by atomic mass is 79.9. The quantitative estimate of drug-likeness (QED) is 0.871.